The number of likely N-dealkylation sites (N-methyl/N-ethyl adjacent to an activating group) is 2. The Bertz CT molecular complexity index is 382. The van der Waals surface area contributed by atoms with Crippen molar-refractivity contribution in [3.8, 4) is 0 Å². The Morgan fingerprint density at radius 1 is 1.44 bits per heavy atom. The van der Waals surface area contributed by atoms with Crippen molar-refractivity contribution >= 4 is 29.1 Å². The van der Waals surface area contributed by atoms with Gasteiger partial charge in [0.2, 0.25) is 5.91 Å². The number of carbonyl (C=O) groups is 1. The van der Waals surface area contributed by atoms with Crippen LogP contribution in [0.5, 0.6) is 0 Å². The van der Waals surface area contributed by atoms with E-state index in [1.165, 1.54) is 0 Å². The Morgan fingerprint density at radius 2 is 2.12 bits per heavy atom. The molecule has 0 heterocycles. The number of halogens is 2. The molecule has 1 aromatic carbocycles. The van der Waals surface area contributed by atoms with Gasteiger partial charge in [0.1, 0.15) is 0 Å². The van der Waals surface area contributed by atoms with Crippen molar-refractivity contribution in [2.45, 2.75) is 6.54 Å². The van der Waals surface area contributed by atoms with E-state index >= 15 is 0 Å². The fourth-order valence-electron chi connectivity index (χ4n) is 1.28. The van der Waals surface area contributed by atoms with E-state index in [2.05, 4.69) is 5.32 Å². The smallest absolute Gasteiger partial charge is 0.236 e. The summed E-state index contributed by atoms with van der Waals surface area (Å²) >= 11 is 11.8. The molecule has 0 bridgehead atoms. The minimum Gasteiger partial charge on any atom is -0.340 e. The molecule has 1 rings (SSSR count). The molecule has 0 atom stereocenters. The highest BCUT2D eigenvalue weighted by Crippen LogP contribution is 2.21. The van der Waals surface area contributed by atoms with Gasteiger partial charge in [-0.1, -0.05) is 29.3 Å². The molecule has 0 saturated carbocycles. The van der Waals surface area contributed by atoms with Crippen molar-refractivity contribution in [2.75, 3.05) is 20.6 Å². The van der Waals surface area contributed by atoms with E-state index in [9.17, 15) is 4.79 Å². The first-order valence-electron chi connectivity index (χ1n) is 4.87. The summed E-state index contributed by atoms with van der Waals surface area (Å²) in [5, 5.41) is 3.99. The van der Waals surface area contributed by atoms with Gasteiger partial charge in [0.15, 0.2) is 0 Å². The Labute approximate surface area is 105 Å². The summed E-state index contributed by atoms with van der Waals surface area (Å²) in [7, 11) is 3.48. The Hall–Kier alpha value is -0.770. The standard InChI is InChI=1S/C11H14Cl2N2O/c1-14-6-11(16)15(2)7-8-3-4-9(12)5-10(8)13/h3-5,14H,6-7H2,1-2H3. The molecule has 1 aromatic rings. The van der Waals surface area contributed by atoms with Crippen LogP contribution in [-0.4, -0.2) is 31.4 Å². The van der Waals surface area contributed by atoms with Crippen molar-refractivity contribution in [3.63, 3.8) is 0 Å². The van der Waals surface area contributed by atoms with Crippen LogP contribution in [0.25, 0.3) is 0 Å². The highest BCUT2D eigenvalue weighted by atomic mass is 35.5. The largest absolute Gasteiger partial charge is 0.340 e. The van der Waals surface area contributed by atoms with Gasteiger partial charge in [-0.15, -0.1) is 0 Å². The van der Waals surface area contributed by atoms with Crippen LogP contribution in [0.15, 0.2) is 18.2 Å². The number of carbonyl (C=O) groups excluding carboxylic acids is 1. The van der Waals surface area contributed by atoms with Gasteiger partial charge in [-0.05, 0) is 24.7 Å². The van der Waals surface area contributed by atoms with Gasteiger partial charge in [0.05, 0.1) is 6.54 Å². The molecule has 1 amide bonds. The topological polar surface area (TPSA) is 32.3 Å². The van der Waals surface area contributed by atoms with Crippen LogP contribution >= 0.6 is 23.2 Å². The second-order valence-electron chi connectivity index (χ2n) is 3.52. The SMILES string of the molecule is CNCC(=O)N(C)Cc1ccc(Cl)cc1Cl. The lowest BCUT2D eigenvalue weighted by molar-refractivity contribution is -0.129. The van der Waals surface area contributed by atoms with Crippen LogP contribution in [-0.2, 0) is 11.3 Å². The van der Waals surface area contributed by atoms with Gasteiger partial charge >= 0.3 is 0 Å². The number of rotatable bonds is 4. The molecule has 3 nitrogen and oxygen atoms in total. The van der Waals surface area contributed by atoms with E-state index in [4.69, 9.17) is 23.2 Å². The second-order valence-corrected chi connectivity index (χ2v) is 4.36. The fourth-order valence-corrected chi connectivity index (χ4v) is 1.75. The van der Waals surface area contributed by atoms with Crippen molar-refractivity contribution in [1.82, 2.24) is 10.2 Å². The third-order valence-corrected chi connectivity index (χ3v) is 2.76. The molecule has 0 radical (unpaired) electrons. The molecule has 0 spiro atoms. The first-order valence-corrected chi connectivity index (χ1v) is 5.62. The van der Waals surface area contributed by atoms with Gasteiger partial charge in [0, 0.05) is 23.6 Å². The van der Waals surface area contributed by atoms with Crippen LogP contribution < -0.4 is 5.32 Å². The molecule has 0 aliphatic carbocycles. The lowest BCUT2D eigenvalue weighted by Crippen LogP contribution is -2.33. The van der Waals surface area contributed by atoms with Crippen LogP contribution in [0.3, 0.4) is 0 Å². The van der Waals surface area contributed by atoms with Gasteiger partial charge in [0.25, 0.3) is 0 Å². The van der Waals surface area contributed by atoms with E-state index < -0.39 is 0 Å². The van der Waals surface area contributed by atoms with Crippen LogP contribution in [0.4, 0.5) is 0 Å². The number of nitrogens with one attached hydrogen (secondary N) is 1. The molecular formula is C11H14Cl2N2O. The molecule has 0 aliphatic heterocycles. The number of hydrogen-bond acceptors (Lipinski definition) is 2. The fraction of sp³-hybridized carbons (Fsp3) is 0.364. The molecule has 1 N–H and O–H groups in total. The molecule has 0 unspecified atom stereocenters. The Morgan fingerprint density at radius 3 is 2.69 bits per heavy atom. The average molecular weight is 261 g/mol. The van der Waals surface area contributed by atoms with Gasteiger partial charge < -0.3 is 10.2 Å². The number of nitrogens with zero attached hydrogens (tertiary/aromatic N) is 1. The maximum absolute atomic E-state index is 11.5. The summed E-state index contributed by atoms with van der Waals surface area (Å²) in [6, 6.07) is 5.27. The predicted molar refractivity (Wildman–Crippen MR) is 66.9 cm³/mol. The predicted octanol–water partition coefficient (Wildman–Crippen LogP) is 2.17. The third kappa shape index (κ3) is 3.67. The average Bonchev–Trinajstić information content (AvgIpc) is 2.22. The van der Waals surface area contributed by atoms with Crippen molar-refractivity contribution in [1.29, 1.82) is 0 Å². The normalized spacial score (nSPS) is 10.2. The minimum atomic E-state index is 0.0218. The van der Waals surface area contributed by atoms with E-state index in [-0.39, 0.29) is 5.91 Å². The summed E-state index contributed by atoms with van der Waals surface area (Å²) < 4.78 is 0. The second kappa shape index (κ2) is 6.09. The maximum Gasteiger partial charge on any atom is 0.236 e. The quantitative estimate of drug-likeness (QED) is 0.900. The number of hydrogen-bond donors (Lipinski definition) is 1. The molecule has 0 aliphatic rings. The summed E-state index contributed by atoms with van der Waals surface area (Å²) in [5.41, 5.74) is 0.887. The zero-order chi connectivity index (χ0) is 12.1. The van der Waals surface area contributed by atoms with E-state index in [0.717, 1.165) is 5.56 Å². The number of amides is 1. The highest BCUT2D eigenvalue weighted by Gasteiger charge is 2.10. The van der Waals surface area contributed by atoms with Gasteiger partial charge in [-0.2, -0.15) is 0 Å². The monoisotopic (exact) mass is 260 g/mol. The van der Waals surface area contributed by atoms with E-state index in [0.29, 0.717) is 23.1 Å². The molecular weight excluding hydrogens is 247 g/mol. The van der Waals surface area contributed by atoms with E-state index in [1.807, 2.05) is 6.07 Å². The Kier molecular flexibility index (Phi) is 5.06. The zero-order valence-electron chi connectivity index (χ0n) is 9.26. The van der Waals surface area contributed by atoms with Crippen molar-refractivity contribution in [2.24, 2.45) is 0 Å². The summed E-state index contributed by atoms with van der Waals surface area (Å²) in [6.07, 6.45) is 0. The Balaban J connectivity index is 2.69. The summed E-state index contributed by atoms with van der Waals surface area (Å²) in [6.45, 7) is 0.804. The summed E-state index contributed by atoms with van der Waals surface area (Å²) in [4.78, 5) is 13.1. The van der Waals surface area contributed by atoms with Crippen molar-refractivity contribution < 1.29 is 4.79 Å². The third-order valence-electron chi connectivity index (χ3n) is 2.18. The lowest BCUT2D eigenvalue weighted by Gasteiger charge is -2.17. The minimum absolute atomic E-state index is 0.0218. The molecule has 16 heavy (non-hydrogen) atoms. The molecule has 0 fully saturated rings. The number of benzene rings is 1. The van der Waals surface area contributed by atoms with E-state index in [1.54, 1.807) is 31.1 Å². The lowest BCUT2D eigenvalue weighted by atomic mass is 10.2. The van der Waals surface area contributed by atoms with Crippen LogP contribution in [0.2, 0.25) is 10.0 Å². The highest BCUT2D eigenvalue weighted by molar-refractivity contribution is 6.35. The summed E-state index contributed by atoms with van der Waals surface area (Å²) in [5.74, 6) is 0.0218. The zero-order valence-corrected chi connectivity index (χ0v) is 10.8. The molecule has 0 saturated heterocycles. The molecule has 0 aromatic heterocycles. The van der Waals surface area contributed by atoms with Crippen LogP contribution in [0.1, 0.15) is 5.56 Å². The van der Waals surface area contributed by atoms with Gasteiger partial charge in [-0.3, -0.25) is 4.79 Å². The first kappa shape index (κ1) is 13.3. The van der Waals surface area contributed by atoms with Gasteiger partial charge in [-0.25, -0.2) is 0 Å². The van der Waals surface area contributed by atoms with Crippen molar-refractivity contribution in [3.05, 3.63) is 33.8 Å². The molecule has 5 heteroatoms. The first-order chi connectivity index (χ1) is 7.54. The molecule has 88 valence electrons. The van der Waals surface area contributed by atoms with Crippen LogP contribution in [0, 0.1) is 0 Å². The maximum atomic E-state index is 11.5.